The maximum atomic E-state index is 6.06. The predicted octanol–water partition coefficient (Wildman–Crippen LogP) is 5.58. The highest BCUT2D eigenvalue weighted by Gasteiger charge is 2.31. The SMILES string of the molecule is CCCCOCCOCCOCCOCCOC1CC(Oc2ccc(-c3ccc4c5cnccc5n(C)c4c3)cn2)C1. The van der Waals surface area contributed by atoms with Crippen molar-refractivity contribution in [3.05, 3.63) is 55.0 Å². The summed E-state index contributed by atoms with van der Waals surface area (Å²) in [6.45, 7) is 7.59. The Balaban J connectivity index is 0.915. The molecular weight excluding hydrogens is 534 g/mol. The molecule has 0 aliphatic heterocycles. The van der Waals surface area contributed by atoms with Crippen molar-refractivity contribution in [3.63, 3.8) is 0 Å². The van der Waals surface area contributed by atoms with Crippen molar-refractivity contribution in [1.29, 1.82) is 0 Å². The van der Waals surface area contributed by atoms with Crippen molar-refractivity contribution in [2.75, 3.05) is 59.5 Å². The van der Waals surface area contributed by atoms with Gasteiger partial charge in [-0.3, -0.25) is 4.98 Å². The van der Waals surface area contributed by atoms with Crippen LogP contribution >= 0.6 is 0 Å². The van der Waals surface area contributed by atoms with Gasteiger partial charge in [-0.05, 0) is 30.2 Å². The Kier molecular flexibility index (Phi) is 11.5. The molecule has 9 heteroatoms. The minimum absolute atomic E-state index is 0.133. The fourth-order valence-corrected chi connectivity index (χ4v) is 5.06. The summed E-state index contributed by atoms with van der Waals surface area (Å²) in [4.78, 5) is 8.86. The highest BCUT2D eigenvalue weighted by atomic mass is 16.6. The summed E-state index contributed by atoms with van der Waals surface area (Å²) in [5.74, 6) is 0.646. The van der Waals surface area contributed by atoms with Crippen LogP contribution in [0.15, 0.2) is 55.0 Å². The number of unbranched alkanes of at least 4 members (excludes halogenated alkanes) is 1. The van der Waals surface area contributed by atoms with Gasteiger partial charge in [0.15, 0.2) is 0 Å². The van der Waals surface area contributed by atoms with Crippen molar-refractivity contribution in [2.24, 2.45) is 7.05 Å². The molecule has 1 aliphatic carbocycles. The number of aromatic nitrogens is 3. The van der Waals surface area contributed by atoms with E-state index >= 15 is 0 Å². The van der Waals surface area contributed by atoms with Gasteiger partial charge in [0.2, 0.25) is 5.88 Å². The first-order valence-electron chi connectivity index (χ1n) is 15.1. The van der Waals surface area contributed by atoms with Gasteiger partial charge in [-0.2, -0.15) is 0 Å². The van der Waals surface area contributed by atoms with E-state index in [9.17, 15) is 0 Å². The molecule has 0 radical (unpaired) electrons. The fraction of sp³-hybridized carbons (Fsp3) is 0.515. The molecule has 0 atom stereocenters. The Hall–Kier alpha value is -3.08. The van der Waals surface area contributed by atoms with Gasteiger partial charge < -0.3 is 33.0 Å². The van der Waals surface area contributed by atoms with Crippen LogP contribution < -0.4 is 4.74 Å². The number of nitrogens with zero attached hydrogens (tertiary/aromatic N) is 3. The smallest absolute Gasteiger partial charge is 0.213 e. The van der Waals surface area contributed by atoms with Crippen molar-refractivity contribution in [1.82, 2.24) is 14.5 Å². The molecule has 1 aliphatic rings. The van der Waals surface area contributed by atoms with E-state index in [4.69, 9.17) is 28.4 Å². The van der Waals surface area contributed by atoms with Crippen molar-refractivity contribution < 1.29 is 28.4 Å². The lowest BCUT2D eigenvalue weighted by atomic mass is 9.92. The topological polar surface area (TPSA) is 86.1 Å². The van der Waals surface area contributed by atoms with Gasteiger partial charge in [0.1, 0.15) is 6.10 Å². The molecule has 3 aromatic heterocycles. The third-order valence-corrected chi connectivity index (χ3v) is 7.56. The van der Waals surface area contributed by atoms with Crippen LogP contribution in [0.1, 0.15) is 32.6 Å². The standard InChI is InChI=1S/C33H43N3O6/c1-3-4-11-37-12-13-38-14-15-39-16-17-40-18-19-41-27-21-28(22-27)42-33-8-6-26(23-35-33)25-5-7-29-30-24-34-10-9-31(30)36(2)32(29)20-25/h5-10,20,23-24,27-28H,3-4,11-19,21-22H2,1-2H3. The molecule has 0 spiro atoms. The van der Waals surface area contributed by atoms with Crippen molar-refractivity contribution in [2.45, 2.75) is 44.8 Å². The fourth-order valence-electron chi connectivity index (χ4n) is 5.06. The number of fused-ring (bicyclic) bond motifs is 3. The van der Waals surface area contributed by atoms with Gasteiger partial charge in [-0.25, -0.2) is 4.98 Å². The average molecular weight is 578 g/mol. The molecule has 0 amide bonds. The number of rotatable bonds is 19. The van der Waals surface area contributed by atoms with Crippen LogP contribution in [0.25, 0.3) is 32.9 Å². The second kappa shape index (κ2) is 16.0. The monoisotopic (exact) mass is 577 g/mol. The molecule has 9 nitrogen and oxygen atoms in total. The summed E-state index contributed by atoms with van der Waals surface area (Å²) in [5.41, 5.74) is 4.54. The normalized spacial score (nSPS) is 16.7. The average Bonchev–Trinajstić information content (AvgIpc) is 3.29. The van der Waals surface area contributed by atoms with E-state index in [1.54, 1.807) is 0 Å². The van der Waals surface area contributed by atoms with E-state index in [2.05, 4.69) is 58.8 Å². The minimum atomic E-state index is 0.133. The maximum absolute atomic E-state index is 6.06. The first kappa shape index (κ1) is 30.4. The molecular formula is C33H43N3O6. The number of aryl methyl sites for hydroxylation is 1. The molecule has 1 saturated carbocycles. The second-order valence-corrected chi connectivity index (χ2v) is 10.6. The highest BCUT2D eigenvalue weighted by molar-refractivity contribution is 6.08. The molecule has 0 saturated heterocycles. The molecule has 5 rings (SSSR count). The van der Waals surface area contributed by atoms with Crippen LogP contribution in [0.4, 0.5) is 0 Å². The zero-order chi connectivity index (χ0) is 29.0. The van der Waals surface area contributed by atoms with Crippen LogP contribution in [-0.4, -0.2) is 86.2 Å². The molecule has 226 valence electrons. The van der Waals surface area contributed by atoms with Crippen LogP contribution in [0, 0.1) is 0 Å². The minimum Gasteiger partial charge on any atom is -0.474 e. The summed E-state index contributed by atoms with van der Waals surface area (Å²) in [6, 6.07) is 12.6. The highest BCUT2D eigenvalue weighted by Crippen LogP contribution is 2.32. The Morgan fingerprint density at radius 1 is 0.714 bits per heavy atom. The second-order valence-electron chi connectivity index (χ2n) is 10.6. The van der Waals surface area contributed by atoms with Gasteiger partial charge in [-0.15, -0.1) is 0 Å². The quantitative estimate of drug-likeness (QED) is 0.134. The first-order valence-corrected chi connectivity index (χ1v) is 15.1. The first-order chi connectivity index (χ1) is 20.7. The van der Waals surface area contributed by atoms with Crippen molar-refractivity contribution in [3.8, 4) is 17.0 Å². The number of hydrogen-bond donors (Lipinski definition) is 0. The van der Waals surface area contributed by atoms with E-state index in [-0.39, 0.29) is 12.2 Å². The van der Waals surface area contributed by atoms with Gasteiger partial charge in [0, 0.05) is 73.0 Å². The largest absolute Gasteiger partial charge is 0.474 e. The van der Waals surface area contributed by atoms with Crippen LogP contribution in [0.5, 0.6) is 5.88 Å². The zero-order valence-corrected chi connectivity index (χ0v) is 24.8. The number of hydrogen-bond acceptors (Lipinski definition) is 8. The van der Waals surface area contributed by atoms with E-state index in [1.807, 2.05) is 24.7 Å². The summed E-state index contributed by atoms with van der Waals surface area (Å²) >= 11 is 0. The lowest BCUT2D eigenvalue weighted by molar-refractivity contribution is -0.0797. The third kappa shape index (κ3) is 8.26. The Morgan fingerprint density at radius 2 is 1.40 bits per heavy atom. The summed E-state index contributed by atoms with van der Waals surface area (Å²) in [5, 5.41) is 2.37. The zero-order valence-electron chi connectivity index (χ0n) is 24.8. The Bertz CT molecular complexity index is 1370. The van der Waals surface area contributed by atoms with Crippen LogP contribution in [0.2, 0.25) is 0 Å². The molecule has 3 heterocycles. The van der Waals surface area contributed by atoms with E-state index < -0.39 is 0 Å². The van der Waals surface area contributed by atoms with E-state index in [1.165, 1.54) is 21.8 Å². The predicted molar refractivity (Wildman–Crippen MR) is 163 cm³/mol. The number of pyridine rings is 2. The van der Waals surface area contributed by atoms with Crippen LogP contribution in [0.3, 0.4) is 0 Å². The number of ether oxygens (including phenoxy) is 6. The van der Waals surface area contributed by atoms with Gasteiger partial charge in [-0.1, -0.05) is 25.5 Å². The lowest BCUT2D eigenvalue weighted by Crippen LogP contribution is -2.40. The summed E-state index contributed by atoms with van der Waals surface area (Å²) in [7, 11) is 2.09. The molecule has 4 aromatic rings. The molecule has 1 fully saturated rings. The molecule has 0 bridgehead atoms. The number of benzene rings is 1. The maximum Gasteiger partial charge on any atom is 0.213 e. The summed E-state index contributed by atoms with van der Waals surface area (Å²) < 4.78 is 36.2. The van der Waals surface area contributed by atoms with Crippen LogP contribution in [-0.2, 0) is 30.7 Å². The van der Waals surface area contributed by atoms with E-state index in [0.29, 0.717) is 58.7 Å². The third-order valence-electron chi connectivity index (χ3n) is 7.56. The van der Waals surface area contributed by atoms with Gasteiger partial charge in [0.05, 0.1) is 64.5 Å². The van der Waals surface area contributed by atoms with Gasteiger partial charge in [0.25, 0.3) is 0 Å². The Labute approximate surface area is 248 Å². The van der Waals surface area contributed by atoms with Gasteiger partial charge >= 0.3 is 0 Å². The molecule has 0 N–H and O–H groups in total. The molecule has 0 unspecified atom stereocenters. The lowest BCUT2D eigenvalue weighted by Gasteiger charge is -2.34. The Morgan fingerprint density at radius 3 is 2.10 bits per heavy atom. The molecule has 42 heavy (non-hydrogen) atoms. The molecule has 1 aromatic carbocycles. The summed E-state index contributed by atoms with van der Waals surface area (Å²) in [6.07, 6.45) is 9.96. The van der Waals surface area contributed by atoms with E-state index in [0.717, 1.165) is 43.4 Å². The van der Waals surface area contributed by atoms with Crippen molar-refractivity contribution >= 4 is 21.8 Å².